The minimum absolute atomic E-state index is 0.0610. The molecule has 29 heavy (non-hydrogen) atoms. The summed E-state index contributed by atoms with van der Waals surface area (Å²) in [7, 11) is 0. The number of benzene rings is 2. The molecule has 0 bridgehead atoms. The van der Waals surface area contributed by atoms with Gasteiger partial charge in [-0.25, -0.2) is 0 Å². The molecule has 7 heteroatoms. The Morgan fingerprint density at radius 1 is 0.931 bits per heavy atom. The maximum Gasteiger partial charge on any atom is 0.276 e. The fourth-order valence-corrected chi connectivity index (χ4v) is 3.39. The Kier molecular flexibility index (Phi) is 8.27. The number of rotatable bonds is 12. The van der Waals surface area contributed by atoms with Gasteiger partial charge in [-0.15, -0.1) is 0 Å². The highest BCUT2D eigenvalue weighted by atomic mass is 16.6. The van der Waals surface area contributed by atoms with E-state index in [1.165, 1.54) is 31.7 Å². The van der Waals surface area contributed by atoms with Crippen LogP contribution in [-0.4, -0.2) is 37.3 Å². The van der Waals surface area contributed by atoms with Crippen molar-refractivity contribution in [3.8, 4) is 11.5 Å². The molecule has 0 aliphatic heterocycles. The molecule has 0 spiro atoms. The Bertz CT molecular complexity index is 760. The minimum atomic E-state index is -0.400. The van der Waals surface area contributed by atoms with Gasteiger partial charge in [0.1, 0.15) is 24.7 Å². The molecule has 0 amide bonds. The van der Waals surface area contributed by atoms with E-state index in [1.807, 2.05) is 12.1 Å². The predicted octanol–water partition coefficient (Wildman–Crippen LogP) is 4.10. The summed E-state index contributed by atoms with van der Waals surface area (Å²) in [6.07, 6.45) is 5.24. The average molecular weight is 400 g/mol. The van der Waals surface area contributed by atoms with Gasteiger partial charge < -0.3 is 19.5 Å². The fourth-order valence-electron chi connectivity index (χ4n) is 3.39. The molecule has 0 radical (unpaired) electrons. The molecule has 1 aliphatic carbocycles. The molecular weight excluding hydrogens is 372 g/mol. The SMILES string of the molecule is O=[N+]([O-])c1ccccc1COc1ccc(OCCOCCNC2CCCC2)cc1. The van der Waals surface area contributed by atoms with E-state index in [2.05, 4.69) is 5.32 Å². The molecule has 3 rings (SSSR count). The van der Waals surface area contributed by atoms with Gasteiger partial charge in [-0.3, -0.25) is 10.1 Å². The Balaban J connectivity index is 1.31. The summed E-state index contributed by atoms with van der Waals surface area (Å²) in [5.74, 6) is 1.36. The number of ether oxygens (including phenoxy) is 3. The molecule has 7 nitrogen and oxygen atoms in total. The van der Waals surface area contributed by atoms with Crippen molar-refractivity contribution in [1.82, 2.24) is 5.32 Å². The van der Waals surface area contributed by atoms with Crippen LogP contribution in [0.15, 0.2) is 48.5 Å². The molecule has 0 unspecified atom stereocenters. The third-order valence-corrected chi connectivity index (χ3v) is 4.94. The normalized spacial score (nSPS) is 14.1. The lowest BCUT2D eigenvalue weighted by atomic mass is 10.2. The van der Waals surface area contributed by atoms with Crippen molar-refractivity contribution < 1.29 is 19.1 Å². The zero-order valence-electron chi connectivity index (χ0n) is 16.5. The quantitative estimate of drug-likeness (QED) is 0.328. The molecule has 0 aromatic heterocycles. The summed E-state index contributed by atoms with van der Waals surface area (Å²) in [6.45, 7) is 2.75. The molecule has 156 valence electrons. The number of nitrogens with zero attached hydrogens (tertiary/aromatic N) is 1. The molecule has 0 atom stereocenters. The van der Waals surface area contributed by atoms with Crippen LogP contribution in [0.25, 0.3) is 0 Å². The first-order valence-electron chi connectivity index (χ1n) is 10.1. The van der Waals surface area contributed by atoms with Crippen LogP contribution in [0, 0.1) is 10.1 Å². The second-order valence-electron chi connectivity index (χ2n) is 7.04. The van der Waals surface area contributed by atoms with E-state index in [1.54, 1.807) is 30.3 Å². The third kappa shape index (κ3) is 7.03. The summed E-state index contributed by atoms with van der Waals surface area (Å²) in [4.78, 5) is 10.6. The molecular formula is C22H28N2O5. The Morgan fingerprint density at radius 2 is 1.62 bits per heavy atom. The highest BCUT2D eigenvalue weighted by Crippen LogP contribution is 2.22. The van der Waals surface area contributed by atoms with Crippen LogP contribution in [0.1, 0.15) is 31.2 Å². The van der Waals surface area contributed by atoms with Crippen molar-refractivity contribution >= 4 is 5.69 Å². The molecule has 1 aliphatic rings. The van der Waals surface area contributed by atoms with E-state index in [0.717, 1.165) is 12.3 Å². The smallest absolute Gasteiger partial charge is 0.276 e. The Morgan fingerprint density at radius 3 is 2.34 bits per heavy atom. The molecule has 1 fully saturated rings. The standard InChI is InChI=1S/C22H28N2O5/c25-24(26)22-8-4-1-5-18(22)17-29-21-11-9-20(10-12-21)28-16-15-27-14-13-23-19-6-2-3-7-19/h1,4-5,8-12,19,23H,2-3,6-7,13-17H2. The van der Waals surface area contributed by atoms with Gasteiger partial charge in [0.2, 0.25) is 0 Å². The molecule has 1 N–H and O–H groups in total. The van der Waals surface area contributed by atoms with Crippen LogP contribution in [0.5, 0.6) is 11.5 Å². The van der Waals surface area contributed by atoms with E-state index >= 15 is 0 Å². The van der Waals surface area contributed by atoms with Gasteiger partial charge >= 0.3 is 0 Å². The molecule has 2 aromatic carbocycles. The summed E-state index contributed by atoms with van der Waals surface area (Å²) in [5, 5.41) is 14.6. The lowest BCUT2D eigenvalue weighted by molar-refractivity contribution is -0.385. The van der Waals surface area contributed by atoms with E-state index in [0.29, 0.717) is 37.2 Å². The van der Waals surface area contributed by atoms with Crippen LogP contribution < -0.4 is 14.8 Å². The van der Waals surface area contributed by atoms with Gasteiger partial charge in [0.05, 0.1) is 23.7 Å². The second kappa shape index (κ2) is 11.4. The Labute approximate surface area is 171 Å². The van der Waals surface area contributed by atoms with Gasteiger partial charge in [0.25, 0.3) is 5.69 Å². The van der Waals surface area contributed by atoms with E-state index in [-0.39, 0.29) is 12.3 Å². The maximum absolute atomic E-state index is 11.0. The third-order valence-electron chi connectivity index (χ3n) is 4.94. The first-order valence-corrected chi connectivity index (χ1v) is 10.1. The fraction of sp³-hybridized carbons (Fsp3) is 0.455. The number of nitro benzene ring substituents is 1. The highest BCUT2D eigenvalue weighted by molar-refractivity contribution is 5.40. The van der Waals surface area contributed by atoms with E-state index < -0.39 is 4.92 Å². The first kappa shape index (κ1) is 21.1. The number of hydrogen-bond donors (Lipinski definition) is 1. The number of hydrogen-bond acceptors (Lipinski definition) is 6. The van der Waals surface area contributed by atoms with Crippen molar-refractivity contribution in [2.24, 2.45) is 0 Å². The van der Waals surface area contributed by atoms with Gasteiger partial charge in [0, 0.05) is 18.7 Å². The molecule has 1 saturated carbocycles. The second-order valence-corrected chi connectivity index (χ2v) is 7.04. The summed E-state index contributed by atoms with van der Waals surface area (Å²) in [5.41, 5.74) is 0.600. The van der Waals surface area contributed by atoms with E-state index in [4.69, 9.17) is 14.2 Å². The largest absolute Gasteiger partial charge is 0.491 e. The van der Waals surface area contributed by atoms with Crippen LogP contribution >= 0.6 is 0 Å². The number of nitrogens with one attached hydrogen (secondary N) is 1. The zero-order chi connectivity index (χ0) is 20.3. The van der Waals surface area contributed by atoms with Crippen molar-refractivity contribution in [3.63, 3.8) is 0 Å². The van der Waals surface area contributed by atoms with Crippen molar-refractivity contribution in [3.05, 3.63) is 64.2 Å². The average Bonchev–Trinajstić information content (AvgIpc) is 3.26. The number of para-hydroxylation sites is 1. The summed E-state index contributed by atoms with van der Waals surface area (Å²) < 4.78 is 16.9. The van der Waals surface area contributed by atoms with E-state index in [9.17, 15) is 10.1 Å². The van der Waals surface area contributed by atoms with Crippen molar-refractivity contribution in [2.45, 2.75) is 38.3 Å². The van der Waals surface area contributed by atoms with Gasteiger partial charge in [-0.2, -0.15) is 0 Å². The van der Waals surface area contributed by atoms with Gasteiger partial charge in [-0.05, 0) is 43.2 Å². The van der Waals surface area contributed by atoms with Crippen molar-refractivity contribution in [1.29, 1.82) is 0 Å². The summed E-state index contributed by atoms with van der Waals surface area (Å²) >= 11 is 0. The first-order chi connectivity index (χ1) is 14.2. The van der Waals surface area contributed by atoms with Gasteiger partial charge in [-0.1, -0.05) is 25.0 Å². The summed E-state index contributed by atoms with van der Waals surface area (Å²) in [6, 6.07) is 14.4. The molecule has 0 heterocycles. The predicted molar refractivity (Wildman–Crippen MR) is 110 cm³/mol. The maximum atomic E-state index is 11.0. The Hall–Kier alpha value is -2.64. The van der Waals surface area contributed by atoms with Crippen LogP contribution in [-0.2, 0) is 11.3 Å². The number of nitro groups is 1. The molecule has 0 saturated heterocycles. The zero-order valence-corrected chi connectivity index (χ0v) is 16.5. The van der Waals surface area contributed by atoms with Crippen molar-refractivity contribution in [2.75, 3.05) is 26.4 Å². The monoisotopic (exact) mass is 400 g/mol. The molecule has 2 aromatic rings. The minimum Gasteiger partial charge on any atom is -0.491 e. The van der Waals surface area contributed by atoms with Crippen LogP contribution in [0.2, 0.25) is 0 Å². The topological polar surface area (TPSA) is 82.9 Å². The van der Waals surface area contributed by atoms with Crippen LogP contribution in [0.3, 0.4) is 0 Å². The highest BCUT2D eigenvalue weighted by Gasteiger charge is 2.13. The lowest BCUT2D eigenvalue weighted by Crippen LogP contribution is -2.29. The lowest BCUT2D eigenvalue weighted by Gasteiger charge is -2.12. The van der Waals surface area contributed by atoms with Crippen LogP contribution in [0.4, 0.5) is 5.69 Å². The van der Waals surface area contributed by atoms with Gasteiger partial charge in [0.15, 0.2) is 0 Å².